The van der Waals surface area contributed by atoms with Gasteiger partial charge < -0.3 is 0 Å². The summed E-state index contributed by atoms with van der Waals surface area (Å²) in [7, 11) is 0. The van der Waals surface area contributed by atoms with Crippen molar-refractivity contribution in [3.8, 4) is 12.1 Å². The summed E-state index contributed by atoms with van der Waals surface area (Å²) >= 11 is 24.6. The van der Waals surface area contributed by atoms with Gasteiger partial charge in [-0.1, -0.05) is 58.5 Å². The minimum atomic E-state index is -0.886. The van der Waals surface area contributed by atoms with Gasteiger partial charge in [0.2, 0.25) is 0 Å². The number of nitriles is 2. The van der Waals surface area contributed by atoms with Crippen LogP contribution < -0.4 is 0 Å². The third-order valence-electron chi connectivity index (χ3n) is 3.23. The summed E-state index contributed by atoms with van der Waals surface area (Å²) < 4.78 is 0. The van der Waals surface area contributed by atoms with E-state index in [1.807, 2.05) is 0 Å². The number of benzene rings is 2. The molecule has 0 amide bonds. The molecule has 0 spiro atoms. The Bertz CT molecular complexity index is 682. The lowest BCUT2D eigenvalue weighted by Crippen LogP contribution is -2.10. The van der Waals surface area contributed by atoms with Crippen LogP contribution >= 0.6 is 46.4 Å². The van der Waals surface area contributed by atoms with Gasteiger partial charge in [0.15, 0.2) is 0 Å². The summed E-state index contributed by atoms with van der Waals surface area (Å²) in [5.41, 5.74) is 0.798. The summed E-state index contributed by atoms with van der Waals surface area (Å²) in [6.07, 6.45) is 0. The van der Waals surface area contributed by atoms with E-state index in [1.165, 1.54) is 0 Å². The van der Waals surface area contributed by atoms with Crippen LogP contribution in [-0.2, 0) is 0 Å². The van der Waals surface area contributed by atoms with Gasteiger partial charge in [0.1, 0.15) is 0 Å². The molecule has 0 heterocycles. The molecule has 0 aliphatic carbocycles. The van der Waals surface area contributed by atoms with Gasteiger partial charge in [0.25, 0.3) is 0 Å². The molecule has 0 radical (unpaired) electrons. The van der Waals surface area contributed by atoms with Gasteiger partial charge in [-0.3, -0.25) is 0 Å². The third kappa shape index (κ3) is 3.17. The minimum absolute atomic E-state index is 0.322. The van der Waals surface area contributed by atoms with Gasteiger partial charge in [-0.2, -0.15) is 10.5 Å². The second kappa shape index (κ2) is 7.23. The molecule has 6 heteroatoms. The van der Waals surface area contributed by atoms with Crippen molar-refractivity contribution < 1.29 is 0 Å². The molecular formula is C16H8Cl4N2. The highest BCUT2D eigenvalue weighted by Crippen LogP contribution is 2.43. The topological polar surface area (TPSA) is 47.6 Å². The van der Waals surface area contributed by atoms with E-state index in [4.69, 9.17) is 46.4 Å². The fourth-order valence-corrected chi connectivity index (χ4v) is 3.49. The molecule has 2 nitrogen and oxygen atoms in total. The molecule has 0 aliphatic heterocycles. The summed E-state index contributed by atoms with van der Waals surface area (Å²) in [5, 5.41) is 20.4. The molecule has 2 atom stereocenters. The molecule has 0 aromatic heterocycles. The van der Waals surface area contributed by atoms with Crippen LogP contribution in [0.1, 0.15) is 23.0 Å². The van der Waals surface area contributed by atoms with Crippen LogP contribution in [0.15, 0.2) is 36.4 Å². The summed E-state index contributed by atoms with van der Waals surface area (Å²) in [6, 6.07) is 14.0. The molecule has 0 N–H and O–H groups in total. The van der Waals surface area contributed by atoms with Crippen molar-refractivity contribution in [1.82, 2.24) is 0 Å². The zero-order chi connectivity index (χ0) is 16.3. The zero-order valence-electron chi connectivity index (χ0n) is 11.0. The highest BCUT2D eigenvalue weighted by atomic mass is 35.5. The Morgan fingerprint density at radius 2 is 0.909 bits per heavy atom. The molecule has 2 rings (SSSR count). The number of rotatable bonds is 3. The molecule has 2 aromatic carbocycles. The Balaban J connectivity index is 2.64. The first-order valence-corrected chi connectivity index (χ1v) is 7.69. The molecule has 0 saturated heterocycles. The van der Waals surface area contributed by atoms with Gasteiger partial charge in [0, 0.05) is 31.2 Å². The van der Waals surface area contributed by atoms with Crippen LogP contribution in [0.4, 0.5) is 0 Å². The van der Waals surface area contributed by atoms with Crippen LogP contribution in [-0.4, -0.2) is 0 Å². The largest absolute Gasteiger partial charge is 0.198 e. The van der Waals surface area contributed by atoms with E-state index in [0.29, 0.717) is 31.2 Å². The standard InChI is InChI=1S/C16H8Cl4N2/c17-11-3-1-4-12(18)15(11)9(7-21)10(8-22)16-13(19)5-2-6-14(16)20/h1-6,9-10H. The van der Waals surface area contributed by atoms with Crippen molar-refractivity contribution in [3.05, 3.63) is 67.6 Å². The van der Waals surface area contributed by atoms with Crippen molar-refractivity contribution in [2.75, 3.05) is 0 Å². The Kier molecular flexibility index (Phi) is 5.57. The minimum Gasteiger partial charge on any atom is -0.198 e. The number of hydrogen-bond donors (Lipinski definition) is 0. The Labute approximate surface area is 148 Å². The molecular weight excluding hydrogens is 362 g/mol. The third-order valence-corrected chi connectivity index (χ3v) is 4.55. The quantitative estimate of drug-likeness (QED) is 0.645. The van der Waals surface area contributed by atoms with Crippen LogP contribution in [0.3, 0.4) is 0 Å². The second-order valence-corrected chi connectivity index (χ2v) is 6.11. The van der Waals surface area contributed by atoms with Crippen molar-refractivity contribution in [2.45, 2.75) is 11.8 Å². The maximum atomic E-state index is 9.57. The summed E-state index contributed by atoms with van der Waals surface area (Å²) in [6.45, 7) is 0. The molecule has 22 heavy (non-hydrogen) atoms. The Morgan fingerprint density at radius 3 is 1.14 bits per heavy atom. The highest BCUT2D eigenvalue weighted by Gasteiger charge is 2.31. The predicted molar refractivity (Wildman–Crippen MR) is 89.6 cm³/mol. The van der Waals surface area contributed by atoms with Gasteiger partial charge in [-0.25, -0.2) is 0 Å². The first-order valence-electron chi connectivity index (χ1n) is 6.18. The molecule has 2 aromatic rings. The van der Waals surface area contributed by atoms with Crippen molar-refractivity contribution in [1.29, 1.82) is 10.5 Å². The first-order chi connectivity index (χ1) is 10.5. The van der Waals surface area contributed by atoms with Crippen LogP contribution in [0, 0.1) is 22.7 Å². The second-order valence-electron chi connectivity index (χ2n) is 4.48. The highest BCUT2D eigenvalue weighted by molar-refractivity contribution is 6.37. The fourth-order valence-electron chi connectivity index (χ4n) is 2.23. The van der Waals surface area contributed by atoms with Gasteiger partial charge in [0.05, 0.1) is 24.0 Å². The fraction of sp³-hybridized carbons (Fsp3) is 0.125. The summed E-state index contributed by atoms with van der Waals surface area (Å²) in [5.74, 6) is -1.77. The first kappa shape index (κ1) is 16.9. The van der Waals surface area contributed by atoms with Gasteiger partial charge >= 0.3 is 0 Å². The van der Waals surface area contributed by atoms with Gasteiger partial charge in [-0.05, 0) is 24.3 Å². The smallest absolute Gasteiger partial charge is 0.0941 e. The van der Waals surface area contributed by atoms with E-state index < -0.39 is 11.8 Å². The van der Waals surface area contributed by atoms with E-state index in [2.05, 4.69) is 12.1 Å². The lowest BCUT2D eigenvalue weighted by atomic mass is 9.83. The predicted octanol–water partition coefficient (Wildman–Crippen LogP) is 6.21. The van der Waals surface area contributed by atoms with Crippen LogP contribution in [0.5, 0.6) is 0 Å². The Morgan fingerprint density at radius 1 is 0.636 bits per heavy atom. The van der Waals surface area contributed by atoms with Crippen LogP contribution in [0.2, 0.25) is 20.1 Å². The SMILES string of the molecule is N#CC(c1c(Cl)cccc1Cl)C(C#N)c1c(Cl)cccc1Cl. The number of halogens is 4. The van der Waals surface area contributed by atoms with E-state index >= 15 is 0 Å². The van der Waals surface area contributed by atoms with E-state index in [0.717, 1.165) is 0 Å². The number of nitrogens with zero attached hydrogens (tertiary/aromatic N) is 2. The average molecular weight is 370 g/mol. The lowest BCUT2D eigenvalue weighted by molar-refractivity contribution is 0.762. The van der Waals surface area contributed by atoms with E-state index in [9.17, 15) is 10.5 Å². The summed E-state index contributed by atoms with van der Waals surface area (Å²) in [4.78, 5) is 0. The zero-order valence-corrected chi connectivity index (χ0v) is 14.0. The van der Waals surface area contributed by atoms with Crippen molar-refractivity contribution >= 4 is 46.4 Å². The maximum Gasteiger partial charge on any atom is 0.0941 e. The number of hydrogen-bond acceptors (Lipinski definition) is 2. The molecule has 0 bridgehead atoms. The maximum absolute atomic E-state index is 9.57. The monoisotopic (exact) mass is 368 g/mol. The Hall–Kier alpha value is -1.42. The molecule has 0 saturated carbocycles. The normalized spacial score (nSPS) is 13.0. The average Bonchev–Trinajstić information content (AvgIpc) is 2.48. The van der Waals surface area contributed by atoms with E-state index in [-0.39, 0.29) is 0 Å². The van der Waals surface area contributed by atoms with Crippen molar-refractivity contribution in [2.24, 2.45) is 0 Å². The van der Waals surface area contributed by atoms with Crippen molar-refractivity contribution in [3.63, 3.8) is 0 Å². The van der Waals surface area contributed by atoms with Gasteiger partial charge in [-0.15, -0.1) is 0 Å². The molecule has 2 unspecified atom stereocenters. The van der Waals surface area contributed by atoms with Crippen LogP contribution in [0.25, 0.3) is 0 Å². The molecule has 0 aliphatic rings. The molecule has 110 valence electrons. The molecule has 0 fully saturated rings. The lowest BCUT2D eigenvalue weighted by Gasteiger charge is -2.20. The van der Waals surface area contributed by atoms with E-state index in [1.54, 1.807) is 36.4 Å².